The zero-order valence-corrected chi connectivity index (χ0v) is 7.30. The minimum Gasteiger partial charge on any atom is -0.478 e. The van der Waals surface area contributed by atoms with Crippen LogP contribution < -0.4 is 0 Å². The fourth-order valence-electron chi connectivity index (χ4n) is 0.947. The van der Waals surface area contributed by atoms with Gasteiger partial charge in [-0.3, -0.25) is 0 Å². The summed E-state index contributed by atoms with van der Waals surface area (Å²) in [4.78, 5) is 10.5. The standard InChI is InChI=1S/C9H13FO2/c1-4-7(8(10)5-2)6(3)9(11)12/h5,8H,2,4H2,1,3H3,(H,11,12)/b7-6+. The molecule has 0 aliphatic carbocycles. The lowest BCUT2D eigenvalue weighted by molar-refractivity contribution is -0.132. The summed E-state index contributed by atoms with van der Waals surface area (Å²) in [7, 11) is 0. The molecule has 0 spiro atoms. The van der Waals surface area contributed by atoms with Gasteiger partial charge in [0.2, 0.25) is 0 Å². The van der Waals surface area contributed by atoms with Crippen LogP contribution in [0.1, 0.15) is 20.3 Å². The Morgan fingerprint density at radius 2 is 2.25 bits per heavy atom. The highest BCUT2D eigenvalue weighted by molar-refractivity contribution is 5.87. The van der Waals surface area contributed by atoms with Crippen molar-refractivity contribution in [2.75, 3.05) is 0 Å². The lowest BCUT2D eigenvalue weighted by atomic mass is 10.0. The van der Waals surface area contributed by atoms with Crippen LogP contribution in [0.4, 0.5) is 4.39 Å². The van der Waals surface area contributed by atoms with Gasteiger partial charge in [-0.25, -0.2) is 9.18 Å². The van der Waals surface area contributed by atoms with Crippen LogP contribution in [0.3, 0.4) is 0 Å². The van der Waals surface area contributed by atoms with Gasteiger partial charge in [-0.2, -0.15) is 0 Å². The zero-order valence-electron chi connectivity index (χ0n) is 7.30. The minimum atomic E-state index is -1.34. The van der Waals surface area contributed by atoms with Crippen LogP contribution in [0.15, 0.2) is 23.8 Å². The van der Waals surface area contributed by atoms with E-state index in [2.05, 4.69) is 6.58 Å². The van der Waals surface area contributed by atoms with Crippen LogP contribution in [0, 0.1) is 0 Å². The molecule has 3 heteroatoms. The van der Waals surface area contributed by atoms with Crippen molar-refractivity contribution in [2.45, 2.75) is 26.4 Å². The van der Waals surface area contributed by atoms with E-state index in [-0.39, 0.29) is 11.1 Å². The molecule has 0 amide bonds. The van der Waals surface area contributed by atoms with E-state index in [1.165, 1.54) is 6.92 Å². The predicted octanol–water partition coefficient (Wildman–Crippen LogP) is 2.32. The fraction of sp³-hybridized carbons (Fsp3) is 0.444. The molecule has 1 atom stereocenters. The first-order chi connectivity index (χ1) is 5.54. The summed E-state index contributed by atoms with van der Waals surface area (Å²) in [6.07, 6.45) is 0.155. The number of carbonyl (C=O) groups is 1. The Labute approximate surface area is 71.4 Å². The van der Waals surface area contributed by atoms with Gasteiger partial charge in [-0.05, 0) is 18.9 Å². The number of hydrogen-bond donors (Lipinski definition) is 1. The zero-order chi connectivity index (χ0) is 9.72. The van der Waals surface area contributed by atoms with E-state index < -0.39 is 12.1 Å². The molecule has 68 valence electrons. The van der Waals surface area contributed by atoms with Crippen molar-refractivity contribution >= 4 is 5.97 Å². The monoisotopic (exact) mass is 172 g/mol. The summed E-state index contributed by atoms with van der Waals surface area (Å²) >= 11 is 0. The molecule has 1 unspecified atom stereocenters. The number of allylic oxidation sites excluding steroid dienone is 2. The van der Waals surface area contributed by atoms with Gasteiger partial charge >= 0.3 is 5.97 Å². The number of carboxylic acids is 1. The molecule has 0 aromatic heterocycles. The van der Waals surface area contributed by atoms with Gasteiger partial charge in [0.1, 0.15) is 6.17 Å². The highest BCUT2D eigenvalue weighted by atomic mass is 19.1. The maximum absolute atomic E-state index is 13.0. The van der Waals surface area contributed by atoms with Crippen LogP contribution in [0.25, 0.3) is 0 Å². The Balaban J connectivity index is 4.84. The summed E-state index contributed by atoms with van der Waals surface area (Å²) in [5.74, 6) is -1.07. The summed E-state index contributed by atoms with van der Waals surface area (Å²) in [6.45, 7) is 6.39. The number of carboxylic acid groups (broad SMARTS) is 1. The molecule has 0 aromatic rings. The van der Waals surface area contributed by atoms with E-state index in [1.54, 1.807) is 6.92 Å². The number of rotatable bonds is 4. The topological polar surface area (TPSA) is 37.3 Å². The first-order valence-corrected chi connectivity index (χ1v) is 3.74. The second-order valence-corrected chi connectivity index (χ2v) is 2.45. The molecule has 0 saturated carbocycles. The van der Waals surface area contributed by atoms with Gasteiger partial charge in [0.05, 0.1) is 0 Å². The van der Waals surface area contributed by atoms with E-state index in [4.69, 9.17) is 5.11 Å². The minimum absolute atomic E-state index is 0.0740. The van der Waals surface area contributed by atoms with E-state index in [0.717, 1.165) is 6.08 Å². The third kappa shape index (κ3) is 2.49. The van der Waals surface area contributed by atoms with E-state index in [0.29, 0.717) is 6.42 Å². The van der Waals surface area contributed by atoms with Crippen molar-refractivity contribution in [1.29, 1.82) is 0 Å². The molecule has 1 N–H and O–H groups in total. The van der Waals surface area contributed by atoms with Crippen LogP contribution in [0.2, 0.25) is 0 Å². The predicted molar refractivity (Wildman–Crippen MR) is 45.7 cm³/mol. The summed E-state index contributed by atoms with van der Waals surface area (Å²) < 4.78 is 13.0. The normalized spacial score (nSPS) is 14.9. The first-order valence-electron chi connectivity index (χ1n) is 3.74. The van der Waals surface area contributed by atoms with Crippen molar-refractivity contribution in [3.63, 3.8) is 0 Å². The van der Waals surface area contributed by atoms with Crippen molar-refractivity contribution in [2.24, 2.45) is 0 Å². The van der Waals surface area contributed by atoms with E-state index >= 15 is 0 Å². The maximum Gasteiger partial charge on any atom is 0.331 e. The molecule has 0 radical (unpaired) electrons. The second kappa shape index (κ2) is 4.70. The molecule has 0 aliphatic heterocycles. The number of aliphatic carboxylic acids is 1. The molecule has 0 rings (SSSR count). The molecule has 0 aliphatic rings. The van der Waals surface area contributed by atoms with Crippen LogP contribution >= 0.6 is 0 Å². The third-order valence-electron chi connectivity index (χ3n) is 1.72. The molecule has 0 fully saturated rings. The Morgan fingerprint density at radius 3 is 2.50 bits per heavy atom. The van der Waals surface area contributed by atoms with Gasteiger partial charge in [-0.1, -0.05) is 19.6 Å². The van der Waals surface area contributed by atoms with Crippen molar-refractivity contribution < 1.29 is 14.3 Å². The van der Waals surface area contributed by atoms with Crippen LogP contribution in [-0.2, 0) is 4.79 Å². The van der Waals surface area contributed by atoms with Crippen molar-refractivity contribution in [3.8, 4) is 0 Å². The van der Waals surface area contributed by atoms with Crippen LogP contribution in [0.5, 0.6) is 0 Å². The number of halogens is 1. The lowest BCUT2D eigenvalue weighted by Gasteiger charge is -2.08. The third-order valence-corrected chi connectivity index (χ3v) is 1.72. The molecule has 0 aromatic carbocycles. The van der Waals surface area contributed by atoms with E-state index in [9.17, 15) is 9.18 Å². The Kier molecular flexibility index (Phi) is 4.26. The summed E-state index contributed by atoms with van der Waals surface area (Å²) in [6, 6.07) is 0. The quantitative estimate of drug-likeness (QED) is 0.522. The molecular weight excluding hydrogens is 159 g/mol. The second-order valence-electron chi connectivity index (χ2n) is 2.45. The first kappa shape index (κ1) is 10.9. The van der Waals surface area contributed by atoms with Crippen LogP contribution in [-0.4, -0.2) is 17.2 Å². The highest BCUT2D eigenvalue weighted by Crippen LogP contribution is 2.16. The van der Waals surface area contributed by atoms with Crippen molar-refractivity contribution in [3.05, 3.63) is 23.8 Å². The Hall–Kier alpha value is -1.12. The Bertz CT molecular complexity index is 219. The number of alkyl halides is 1. The molecule has 0 heterocycles. The van der Waals surface area contributed by atoms with Gasteiger partial charge in [0, 0.05) is 5.57 Å². The highest BCUT2D eigenvalue weighted by Gasteiger charge is 2.14. The van der Waals surface area contributed by atoms with Gasteiger partial charge in [0.25, 0.3) is 0 Å². The summed E-state index contributed by atoms with van der Waals surface area (Å²) in [5, 5.41) is 8.57. The molecule has 0 bridgehead atoms. The molecule has 2 nitrogen and oxygen atoms in total. The SMILES string of the molecule is C=CC(F)/C(CC)=C(\C)C(=O)O. The molecule has 0 saturated heterocycles. The van der Waals surface area contributed by atoms with Gasteiger partial charge in [0.15, 0.2) is 0 Å². The molecule has 12 heavy (non-hydrogen) atoms. The van der Waals surface area contributed by atoms with Gasteiger partial charge < -0.3 is 5.11 Å². The maximum atomic E-state index is 13.0. The van der Waals surface area contributed by atoms with Crippen molar-refractivity contribution in [1.82, 2.24) is 0 Å². The van der Waals surface area contributed by atoms with E-state index in [1.807, 2.05) is 0 Å². The lowest BCUT2D eigenvalue weighted by Crippen LogP contribution is -2.08. The number of hydrogen-bond acceptors (Lipinski definition) is 1. The average Bonchev–Trinajstić information content (AvgIpc) is 2.05. The fourth-order valence-corrected chi connectivity index (χ4v) is 0.947. The largest absolute Gasteiger partial charge is 0.478 e. The molecular formula is C9H13FO2. The average molecular weight is 172 g/mol. The Morgan fingerprint density at radius 1 is 1.75 bits per heavy atom. The summed E-state index contributed by atoms with van der Waals surface area (Å²) in [5.41, 5.74) is 0.363. The smallest absolute Gasteiger partial charge is 0.331 e. The van der Waals surface area contributed by atoms with Gasteiger partial charge in [-0.15, -0.1) is 0 Å².